The van der Waals surface area contributed by atoms with Crippen LogP contribution in [0.15, 0.2) is 18.2 Å². The first kappa shape index (κ1) is 12.2. The molecule has 0 bridgehead atoms. The fourth-order valence-corrected chi connectivity index (χ4v) is 1.55. The van der Waals surface area contributed by atoms with Crippen LogP contribution in [0.1, 0.15) is 29.3 Å². The molecule has 0 saturated carbocycles. The van der Waals surface area contributed by atoms with Gasteiger partial charge in [0, 0.05) is 17.2 Å². The third kappa shape index (κ3) is 3.65. The number of halogens is 1. The maximum absolute atomic E-state index is 11.7. The summed E-state index contributed by atoms with van der Waals surface area (Å²) in [5.41, 5.74) is 1.59. The number of hydrogen-bond donors (Lipinski definition) is 0. The van der Waals surface area contributed by atoms with E-state index in [1.807, 2.05) is 13.8 Å². The van der Waals surface area contributed by atoms with Gasteiger partial charge in [0.25, 0.3) is 0 Å². The molecule has 0 atom stereocenters. The van der Waals surface area contributed by atoms with Gasteiger partial charge in [0.1, 0.15) is 6.61 Å². The molecule has 0 fully saturated rings. The van der Waals surface area contributed by atoms with Crippen molar-refractivity contribution in [2.45, 2.75) is 20.3 Å². The van der Waals surface area contributed by atoms with Crippen molar-refractivity contribution in [3.05, 3.63) is 34.3 Å². The van der Waals surface area contributed by atoms with Crippen molar-refractivity contribution in [2.24, 2.45) is 0 Å². The van der Waals surface area contributed by atoms with Crippen LogP contribution in [0.4, 0.5) is 0 Å². The zero-order valence-corrected chi connectivity index (χ0v) is 9.80. The lowest BCUT2D eigenvalue weighted by atomic mass is 10.1. The van der Waals surface area contributed by atoms with Crippen molar-refractivity contribution in [1.29, 1.82) is 0 Å². The Morgan fingerprint density at radius 3 is 2.80 bits per heavy atom. The van der Waals surface area contributed by atoms with E-state index in [1.54, 1.807) is 18.2 Å². The Labute approximate surface area is 95.2 Å². The van der Waals surface area contributed by atoms with Crippen molar-refractivity contribution in [2.75, 3.05) is 13.2 Å². The molecule has 0 radical (unpaired) electrons. The van der Waals surface area contributed by atoms with Crippen LogP contribution in [0, 0.1) is 6.92 Å². The second-order valence-corrected chi connectivity index (χ2v) is 3.87. The molecule has 0 spiro atoms. The molecule has 0 aliphatic carbocycles. The predicted octanol–water partition coefficient (Wildman–Crippen LogP) is 3.26. The van der Waals surface area contributed by atoms with E-state index in [2.05, 4.69) is 0 Å². The molecular weight excluding hydrogens is 212 g/mol. The lowest BCUT2D eigenvalue weighted by Gasteiger charge is -2.05. The van der Waals surface area contributed by atoms with Crippen molar-refractivity contribution >= 4 is 17.4 Å². The number of Topliss-reactive ketones (excluding diaryl/α,β-unsaturated/α-hetero) is 1. The van der Waals surface area contributed by atoms with Crippen LogP contribution < -0.4 is 0 Å². The maximum Gasteiger partial charge on any atom is 0.188 e. The van der Waals surface area contributed by atoms with Gasteiger partial charge in [0.2, 0.25) is 0 Å². The van der Waals surface area contributed by atoms with Crippen molar-refractivity contribution in [3.8, 4) is 0 Å². The van der Waals surface area contributed by atoms with Gasteiger partial charge in [0.15, 0.2) is 5.78 Å². The third-order valence-electron chi connectivity index (χ3n) is 2.07. The van der Waals surface area contributed by atoms with E-state index in [0.717, 1.165) is 12.0 Å². The summed E-state index contributed by atoms with van der Waals surface area (Å²) >= 11 is 5.81. The molecule has 0 heterocycles. The van der Waals surface area contributed by atoms with Crippen LogP contribution in [0.5, 0.6) is 0 Å². The number of rotatable bonds is 5. The monoisotopic (exact) mass is 226 g/mol. The first-order chi connectivity index (χ1) is 7.15. The second-order valence-electron chi connectivity index (χ2n) is 3.44. The number of aryl methyl sites for hydroxylation is 1. The molecule has 1 rings (SSSR count). The molecule has 0 aromatic heterocycles. The highest BCUT2D eigenvalue weighted by Gasteiger charge is 2.08. The van der Waals surface area contributed by atoms with E-state index < -0.39 is 0 Å². The minimum atomic E-state index is 0.0117. The van der Waals surface area contributed by atoms with E-state index in [0.29, 0.717) is 17.2 Å². The Balaban J connectivity index is 2.65. The first-order valence-corrected chi connectivity index (χ1v) is 5.40. The molecule has 15 heavy (non-hydrogen) atoms. The Morgan fingerprint density at radius 1 is 1.47 bits per heavy atom. The topological polar surface area (TPSA) is 26.3 Å². The summed E-state index contributed by atoms with van der Waals surface area (Å²) in [7, 11) is 0. The van der Waals surface area contributed by atoms with Crippen LogP contribution in [-0.2, 0) is 4.74 Å². The Kier molecular flexibility index (Phi) is 4.79. The Bertz CT molecular complexity index is 347. The van der Waals surface area contributed by atoms with Crippen LogP contribution in [0.25, 0.3) is 0 Å². The average molecular weight is 227 g/mol. The highest BCUT2D eigenvalue weighted by atomic mass is 35.5. The van der Waals surface area contributed by atoms with Crippen molar-refractivity contribution < 1.29 is 9.53 Å². The zero-order chi connectivity index (χ0) is 11.3. The van der Waals surface area contributed by atoms with Crippen LogP contribution in [-0.4, -0.2) is 19.0 Å². The normalized spacial score (nSPS) is 10.3. The fraction of sp³-hybridized carbons (Fsp3) is 0.417. The van der Waals surface area contributed by atoms with Gasteiger partial charge in [-0.15, -0.1) is 0 Å². The van der Waals surface area contributed by atoms with E-state index in [1.165, 1.54) is 0 Å². The summed E-state index contributed by atoms with van der Waals surface area (Å²) in [5.74, 6) is 0.0117. The Morgan fingerprint density at radius 2 is 2.20 bits per heavy atom. The van der Waals surface area contributed by atoms with E-state index >= 15 is 0 Å². The lowest BCUT2D eigenvalue weighted by molar-refractivity contribution is 0.0761. The molecule has 0 amide bonds. The van der Waals surface area contributed by atoms with E-state index in [4.69, 9.17) is 16.3 Å². The number of carbonyl (C=O) groups is 1. The van der Waals surface area contributed by atoms with Gasteiger partial charge in [-0.1, -0.05) is 18.5 Å². The summed E-state index contributed by atoms with van der Waals surface area (Å²) < 4.78 is 5.20. The van der Waals surface area contributed by atoms with Crippen LogP contribution in [0.2, 0.25) is 5.02 Å². The van der Waals surface area contributed by atoms with Gasteiger partial charge in [-0.2, -0.15) is 0 Å². The molecule has 0 aliphatic rings. The third-order valence-corrected chi connectivity index (χ3v) is 2.31. The molecule has 2 nitrogen and oxygen atoms in total. The average Bonchev–Trinajstić information content (AvgIpc) is 2.17. The predicted molar refractivity (Wildman–Crippen MR) is 61.6 cm³/mol. The summed E-state index contributed by atoms with van der Waals surface area (Å²) in [6.45, 7) is 4.66. The quantitative estimate of drug-likeness (QED) is 0.569. The molecule has 1 aromatic rings. The number of ether oxygens (including phenoxy) is 1. The smallest absolute Gasteiger partial charge is 0.188 e. The Hall–Kier alpha value is -0.860. The standard InChI is InChI=1S/C12H15ClO2/c1-3-6-15-8-12(14)11-5-4-10(13)7-9(11)2/h4-5,7H,3,6,8H2,1-2H3. The molecule has 0 N–H and O–H groups in total. The first-order valence-electron chi connectivity index (χ1n) is 5.02. The lowest BCUT2D eigenvalue weighted by Crippen LogP contribution is -2.10. The fourth-order valence-electron chi connectivity index (χ4n) is 1.33. The van der Waals surface area contributed by atoms with Crippen LogP contribution in [0.3, 0.4) is 0 Å². The zero-order valence-electron chi connectivity index (χ0n) is 9.05. The molecule has 0 saturated heterocycles. The maximum atomic E-state index is 11.7. The van der Waals surface area contributed by atoms with Gasteiger partial charge in [-0.25, -0.2) is 0 Å². The van der Waals surface area contributed by atoms with Crippen LogP contribution >= 0.6 is 11.6 Å². The number of ketones is 1. The highest BCUT2D eigenvalue weighted by Crippen LogP contribution is 2.15. The number of benzene rings is 1. The summed E-state index contributed by atoms with van der Waals surface area (Å²) in [6, 6.07) is 5.26. The minimum Gasteiger partial charge on any atom is -0.373 e. The minimum absolute atomic E-state index is 0.0117. The molecular formula is C12H15ClO2. The van der Waals surface area contributed by atoms with Gasteiger partial charge in [-0.3, -0.25) is 4.79 Å². The van der Waals surface area contributed by atoms with Gasteiger partial charge < -0.3 is 4.74 Å². The number of carbonyl (C=O) groups excluding carboxylic acids is 1. The van der Waals surface area contributed by atoms with Crippen molar-refractivity contribution in [1.82, 2.24) is 0 Å². The highest BCUT2D eigenvalue weighted by molar-refractivity contribution is 6.30. The molecule has 3 heteroatoms. The summed E-state index contributed by atoms with van der Waals surface area (Å²) in [6.07, 6.45) is 0.923. The molecule has 82 valence electrons. The van der Waals surface area contributed by atoms with Crippen molar-refractivity contribution in [3.63, 3.8) is 0 Å². The molecule has 0 unspecified atom stereocenters. The molecule has 0 aliphatic heterocycles. The van der Waals surface area contributed by atoms with E-state index in [-0.39, 0.29) is 12.4 Å². The summed E-state index contributed by atoms with van der Waals surface area (Å²) in [5, 5.41) is 0.651. The summed E-state index contributed by atoms with van der Waals surface area (Å²) in [4.78, 5) is 11.7. The van der Waals surface area contributed by atoms with Gasteiger partial charge in [-0.05, 0) is 37.1 Å². The second kappa shape index (κ2) is 5.89. The SMILES string of the molecule is CCCOCC(=O)c1ccc(Cl)cc1C. The number of hydrogen-bond acceptors (Lipinski definition) is 2. The largest absolute Gasteiger partial charge is 0.373 e. The van der Waals surface area contributed by atoms with E-state index in [9.17, 15) is 4.79 Å². The van der Waals surface area contributed by atoms with Gasteiger partial charge >= 0.3 is 0 Å². The van der Waals surface area contributed by atoms with Gasteiger partial charge in [0.05, 0.1) is 0 Å². The molecule has 1 aromatic carbocycles.